The van der Waals surface area contributed by atoms with Crippen LogP contribution < -0.4 is 10.1 Å². The number of carbonyl (C=O) groups excluding carboxylic acids is 1. The number of nitrogens with one attached hydrogen (secondary N) is 1. The maximum Gasteiger partial charge on any atom is 0.319 e. The van der Waals surface area contributed by atoms with Crippen molar-refractivity contribution in [2.75, 3.05) is 32.3 Å². The van der Waals surface area contributed by atoms with E-state index < -0.39 is 42.7 Å². The van der Waals surface area contributed by atoms with Crippen molar-refractivity contribution in [1.29, 1.82) is 0 Å². The van der Waals surface area contributed by atoms with Gasteiger partial charge in [0, 0.05) is 6.04 Å². The second kappa shape index (κ2) is 7.08. The second-order valence-corrected chi connectivity index (χ2v) is 9.72. The maximum absolute atomic E-state index is 12.8. The molecule has 134 valence electrons. The minimum absolute atomic E-state index is 0.00951. The van der Waals surface area contributed by atoms with Gasteiger partial charge in [0.25, 0.3) is 0 Å². The Labute approximate surface area is 141 Å². The first kappa shape index (κ1) is 18.7. The smallest absolute Gasteiger partial charge is 0.319 e. The fraction of sp³-hybridized carbons (Fsp3) is 0.500. The molecule has 24 heavy (non-hydrogen) atoms. The predicted octanol–water partition coefficient (Wildman–Crippen LogP) is -0.603. The number of rotatable bonds is 6. The lowest BCUT2D eigenvalue weighted by molar-refractivity contribution is -0.139. The molecule has 1 aliphatic heterocycles. The summed E-state index contributed by atoms with van der Waals surface area (Å²) in [6.45, 7) is -0.259. The molecule has 2 rings (SSSR count). The molecule has 0 saturated carbocycles. The summed E-state index contributed by atoms with van der Waals surface area (Å²) in [5.74, 6) is -0.933. The topological polar surface area (TPSA) is 116 Å². The summed E-state index contributed by atoms with van der Waals surface area (Å²) in [4.78, 5) is 11.2. The summed E-state index contributed by atoms with van der Waals surface area (Å²) in [7, 11) is -4.76. The second-order valence-electron chi connectivity index (χ2n) is 5.40. The zero-order valence-electron chi connectivity index (χ0n) is 13.3. The van der Waals surface area contributed by atoms with E-state index in [9.17, 15) is 21.6 Å². The zero-order chi connectivity index (χ0) is 18.0. The fourth-order valence-corrected chi connectivity index (χ4v) is 7.26. The van der Waals surface area contributed by atoms with Crippen LogP contribution in [0, 0.1) is 0 Å². The largest absolute Gasteiger partial charge is 0.497 e. The average molecular weight is 377 g/mol. The first-order valence-corrected chi connectivity index (χ1v) is 10.4. The molecule has 0 bridgehead atoms. The summed E-state index contributed by atoms with van der Waals surface area (Å²) in [6, 6.07) is 4.86. The van der Waals surface area contributed by atoms with E-state index in [0.29, 0.717) is 5.75 Å². The molecule has 10 heteroatoms. The third-order valence-corrected chi connectivity index (χ3v) is 7.99. The number of hydrogen-bond acceptors (Lipinski definition) is 8. The molecule has 0 radical (unpaired) electrons. The predicted molar refractivity (Wildman–Crippen MR) is 86.4 cm³/mol. The summed E-state index contributed by atoms with van der Waals surface area (Å²) in [5, 5.41) is 1.51. The highest BCUT2D eigenvalue weighted by molar-refractivity contribution is 7.96. The SMILES string of the molecule is COC(=O)CN[C@H]1CS(=O)(=O)C[C@@H]1S(=O)(=O)c1ccc(OC)cc1. The van der Waals surface area contributed by atoms with Crippen LogP contribution in [0.1, 0.15) is 0 Å². The number of sulfone groups is 2. The number of benzene rings is 1. The molecule has 0 spiro atoms. The normalized spacial score (nSPS) is 22.9. The number of carbonyl (C=O) groups is 1. The monoisotopic (exact) mass is 377 g/mol. The van der Waals surface area contributed by atoms with Gasteiger partial charge in [0.1, 0.15) is 5.75 Å². The van der Waals surface area contributed by atoms with Crippen LogP contribution in [0.3, 0.4) is 0 Å². The van der Waals surface area contributed by atoms with Gasteiger partial charge < -0.3 is 14.8 Å². The van der Waals surface area contributed by atoms with Crippen LogP contribution in [-0.4, -0.2) is 66.4 Å². The number of methoxy groups -OCH3 is 2. The maximum atomic E-state index is 12.8. The third kappa shape index (κ3) is 4.05. The van der Waals surface area contributed by atoms with E-state index in [1.165, 1.54) is 38.5 Å². The highest BCUT2D eigenvalue weighted by Crippen LogP contribution is 2.27. The lowest BCUT2D eigenvalue weighted by Crippen LogP contribution is -2.45. The molecule has 0 unspecified atom stereocenters. The minimum Gasteiger partial charge on any atom is -0.497 e. The molecule has 0 aliphatic carbocycles. The van der Waals surface area contributed by atoms with Crippen LogP contribution in [-0.2, 0) is 29.2 Å². The Morgan fingerprint density at radius 3 is 2.38 bits per heavy atom. The minimum atomic E-state index is -3.89. The van der Waals surface area contributed by atoms with E-state index in [1.807, 2.05) is 0 Å². The number of ether oxygens (including phenoxy) is 2. The first-order chi connectivity index (χ1) is 11.2. The molecule has 1 saturated heterocycles. The molecular weight excluding hydrogens is 358 g/mol. The molecule has 1 heterocycles. The van der Waals surface area contributed by atoms with Gasteiger partial charge in [-0.05, 0) is 24.3 Å². The number of esters is 1. The molecule has 2 atom stereocenters. The molecule has 1 aromatic carbocycles. The van der Waals surface area contributed by atoms with Crippen molar-refractivity contribution >= 4 is 25.6 Å². The molecule has 1 N–H and O–H groups in total. The molecule has 1 aromatic rings. The van der Waals surface area contributed by atoms with E-state index in [1.54, 1.807) is 0 Å². The lowest BCUT2D eigenvalue weighted by Gasteiger charge is -2.19. The molecule has 8 nitrogen and oxygen atoms in total. The Morgan fingerprint density at radius 2 is 1.83 bits per heavy atom. The standard InChI is InChI=1S/C14H19NO7S2/c1-21-10-3-5-11(6-4-10)24(19,20)13-9-23(17,18)8-12(13)15-7-14(16)22-2/h3-6,12-13,15H,7-9H2,1-2H3/t12-,13-/m0/s1. The van der Waals surface area contributed by atoms with Gasteiger partial charge in [0.2, 0.25) is 0 Å². The van der Waals surface area contributed by atoms with Crippen molar-refractivity contribution in [3.05, 3.63) is 24.3 Å². The Morgan fingerprint density at radius 1 is 1.21 bits per heavy atom. The van der Waals surface area contributed by atoms with Crippen molar-refractivity contribution in [1.82, 2.24) is 5.32 Å². The van der Waals surface area contributed by atoms with Gasteiger partial charge in [-0.2, -0.15) is 0 Å². The van der Waals surface area contributed by atoms with Crippen molar-refractivity contribution in [2.24, 2.45) is 0 Å². The van der Waals surface area contributed by atoms with Crippen LogP contribution in [0.2, 0.25) is 0 Å². The Kier molecular flexibility index (Phi) is 5.51. The Balaban J connectivity index is 2.28. The van der Waals surface area contributed by atoms with E-state index in [0.717, 1.165) is 0 Å². The first-order valence-electron chi connectivity index (χ1n) is 7.08. The number of hydrogen-bond donors (Lipinski definition) is 1. The Bertz CT molecular complexity index is 800. The summed E-state index contributed by atoms with van der Waals surface area (Å²) in [6.07, 6.45) is 0. The fourth-order valence-electron chi connectivity index (χ4n) is 2.54. The Hall–Kier alpha value is -1.65. The zero-order valence-corrected chi connectivity index (χ0v) is 14.9. The lowest BCUT2D eigenvalue weighted by atomic mass is 10.2. The van der Waals surface area contributed by atoms with Crippen LogP contribution in [0.5, 0.6) is 5.75 Å². The average Bonchev–Trinajstić information content (AvgIpc) is 2.88. The van der Waals surface area contributed by atoms with Crippen molar-refractivity contribution < 1.29 is 31.1 Å². The van der Waals surface area contributed by atoms with Crippen LogP contribution in [0.15, 0.2) is 29.2 Å². The van der Waals surface area contributed by atoms with Gasteiger partial charge in [-0.3, -0.25) is 4.79 Å². The van der Waals surface area contributed by atoms with Crippen molar-refractivity contribution in [3.63, 3.8) is 0 Å². The van der Waals surface area contributed by atoms with Gasteiger partial charge in [-0.1, -0.05) is 0 Å². The van der Waals surface area contributed by atoms with Crippen molar-refractivity contribution in [3.8, 4) is 5.75 Å². The molecule has 1 aliphatic rings. The van der Waals surface area contributed by atoms with Gasteiger partial charge in [-0.25, -0.2) is 16.8 Å². The molecular formula is C14H19NO7S2. The van der Waals surface area contributed by atoms with E-state index >= 15 is 0 Å². The summed E-state index contributed by atoms with van der Waals surface area (Å²) >= 11 is 0. The van der Waals surface area contributed by atoms with Gasteiger partial charge in [0.05, 0.1) is 42.4 Å². The third-order valence-electron chi connectivity index (χ3n) is 3.82. The summed E-state index contributed by atoms with van der Waals surface area (Å²) in [5.41, 5.74) is 0. The van der Waals surface area contributed by atoms with Crippen LogP contribution in [0.4, 0.5) is 0 Å². The van der Waals surface area contributed by atoms with E-state index in [-0.39, 0.29) is 17.2 Å². The highest BCUT2D eigenvalue weighted by Gasteiger charge is 2.45. The van der Waals surface area contributed by atoms with Gasteiger partial charge >= 0.3 is 5.97 Å². The van der Waals surface area contributed by atoms with Gasteiger partial charge in [-0.15, -0.1) is 0 Å². The molecule has 1 fully saturated rings. The van der Waals surface area contributed by atoms with E-state index in [4.69, 9.17) is 4.74 Å². The summed E-state index contributed by atoms with van der Waals surface area (Å²) < 4.78 is 58.8. The van der Waals surface area contributed by atoms with E-state index in [2.05, 4.69) is 10.1 Å². The van der Waals surface area contributed by atoms with Crippen LogP contribution >= 0.6 is 0 Å². The molecule has 0 amide bonds. The van der Waals surface area contributed by atoms with Crippen LogP contribution in [0.25, 0.3) is 0 Å². The van der Waals surface area contributed by atoms with Gasteiger partial charge in [0.15, 0.2) is 19.7 Å². The highest BCUT2D eigenvalue weighted by atomic mass is 32.2. The molecule has 0 aromatic heterocycles. The quantitative estimate of drug-likeness (QED) is 0.653. The van der Waals surface area contributed by atoms with Crippen molar-refractivity contribution in [2.45, 2.75) is 16.2 Å².